The monoisotopic (exact) mass is 448 g/mol. The Morgan fingerprint density at radius 3 is 1.53 bits per heavy atom. The van der Waals surface area contributed by atoms with Gasteiger partial charge in [-0.2, -0.15) is 0 Å². The van der Waals surface area contributed by atoms with E-state index in [4.69, 9.17) is 4.74 Å². The first kappa shape index (κ1) is 29.7. The van der Waals surface area contributed by atoms with Crippen LogP contribution in [0, 0.1) is 17.8 Å². The maximum atomic E-state index is 11.1. The molecule has 0 aromatic heterocycles. The van der Waals surface area contributed by atoms with Crippen LogP contribution in [-0.4, -0.2) is 19.0 Å². The number of hydrogen-bond donors (Lipinski definition) is 0. The van der Waals surface area contributed by atoms with E-state index in [0.29, 0.717) is 6.10 Å². The standard InChI is InChI=1S/C30H56O2/c1-30(2,3)28(27-31)23-19-16-14-12-10-8-6-4-5-7-9-11-13-15-17-22-26-32-29-24-20-18-21-25-29/h18,28-29H,4-17,19-26H2,1-3H3. The predicted molar refractivity (Wildman–Crippen MR) is 140 cm³/mol. The summed E-state index contributed by atoms with van der Waals surface area (Å²) in [6.07, 6.45) is 33.2. The second kappa shape index (κ2) is 20.0. The second-order valence-electron chi connectivity index (χ2n) is 11.4. The van der Waals surface area contributed by atoms with Crippen molar-refractivity contribution in [3.05, 3.63) is 6.42 Å². The molecule has 2 radical (unpaired) electrons. The molecule has 0 heterocycles. The predicted octanol–water partition coefficient (Wildman–Crippen LogP) is 9.55. The minimum absolute atomic E-state index is 0.0736. The SMILES string of the molecule is CC(C)(C)C([C]=O)CCCCCCCCCCCCCCCCCCOC1CC[CH]CC1. The number of carbonyl (C=O) groups excluding carboxylic acids is 1. The molecule has 2 heteroatoms. The van der Waals surface area contributed by atoms with Gasteiger partial charge in [-0.05, 0) is 50.4 Å². The van der Waals surface area contributed by atoms with Gasteiger partial charge in [0.2, 0.25) is 6.29 Å². The molecule has 1 atom stereocenters. The topological polar surface area (TPSA) is 26.3 Å². The lowest BCUT2D eigenvalue weighted by Gasteiger charge is -2.25. The molecule has 0 N–H and O–H groups in total. The summed E-state index contributed by atoms with van der Waals surface area (Å²) in [6.45, 7) is 7.44. The number of ether oxygens (including phenoxy) is 1. The zero-order valence-corrected chi connectivity index (χ0v) is 22.1. The van der Waals surface area contributed by atoms with Crippen molar-refractivity contribution in [2.45, 2.75) is 162 Å². The molecule has 0 amide bonds. The van der Waals surface area contributed by atoms with Crippen LogP contribution in [0.5, 0.6) is 0 Å². The van der Waals surface area contributed by atoms with Crippen LogP contribution in [0.15, 0.2) is 0 Å². The van der Waals surface area contributed by atoms with Crippen molar-refractivity contribution < 1.29 is 9.53 Å². The van der Waals surface area contributed by atoms with E-state index in [1.54, 1.807) is 0 Å². The number of unbranched alkanes of at least 4 members (excludes halogenated alkanes) is 15. The van der Waals surface area contributed by atoms with E-state index in [1.165, 1.54) is 128 Å². The lowest BCUT2D eigenvalue weighted by atomic mass is 9.79. The van der Waals surface area contributed by atoms with E-state index in [2.05, 4.69) is 33.5 Å². The third-order valence-corrected chi connectivity index (χ3v) is 7.31. The third-order valence-electron chi connectivity index (χ3n) is 7.31. The molecule has 1 fully saturated rings. The van der Waals surface area contributed by atoms with Crippen molar-refractivity contribution >= 4 is 6.29 Å². The molecule has 0 aromatic carbocycles. The molecule has 0 spiro atoms. The fourth-order valence-corrected chi connectivity index (χ4v) is 4.91. The molecular weight excluding hydrogens is 392 g/mol. The minimum Gasteiger partial charge on any atom is -0.378 e. The highest BCUT2D eigenvalue weighted by atomic mass is 16.5. The molecule has 0 aromatic rings. The van der Waals surface area contributed by atoms with Crippen molar-refractivity contribution in [2.75, 3.05) is 6.61 Å². The Morgan fingerprint density at radius 2 is 1.12 bits per heavy atom. The Hall–Kier alpha value is -0.370. The molecule has 0 saturated heterocycles. The van der Waals surface area contributed by atoms with Gasteiger partial charge >= 0.3 is 0 Å². The summed E-state index contributed by atoms with van der Waals surface area (Å²) < 4.78 is 6.00. The van der Waals surface area contributed by atoms with E-state index in [-0.39, 0.29) is 11.3 Å². The van der Waals surface area contributed by atoms with Crippen LogP contribution >= 0.6 is 0 Å². The minimum atomic E-state index is 0.0736. The van der Waals surface area contributed by atoms with Crippen LogP contribution in [0.25, 0.3) is 0 Å². The van der Waals surface area contributed by atoms with Crippen LogP contribution in [0.1, 0.15) is 156 Å². The van der Waals surface area contributed by atoms with Crippen molar-refractivity contribution in [1.29, 1.82) is 0 Å². The molecule has 1 saturated carbocycles. The Bertz CT molecular complexity index is 406. The summed E-state index contributed by atoms with van der Waals surface area (Å²) in [6, 6.07) is 0. The van der Waals surface area contributed by atoms with Gasteiger partial charge in [0.05, 0.1) is 6.10 Å². The number of hydrogen-bond acceptors (Lipinski definition) is 2. The molecule has 1 unspecified atom stereocenters. The summed E-state index contributed by atoms with van der Waals surface area (Å²) in [5, 5.41) is 0. The Morgan fingerprint density at radius 1 is 0.719 bits per heavy atom. The Balaban J connectivity index is 1.71. The van der Waals surface area contributed by atoms with Crippen LogP contribution in [0.4, 0.5) is 0 Å². The lowest BCUT2D eigenvalue weighted by molar-refractivity contribution is 0.0326. The first-order valence-electron chi connectivity index (χ1n) is 14.3. The van der Waals surface area contributed by atoms with E-state index in [0.717, 1.165) is 13.0 Å². The third kappa shape index (κ3) is 17.2. The zero-order valence-electron chi connectivity index (χ0n) is 22.1. The highest BCUT2D eigenvalue weighted by Crippen LogP contribution is 2.28. The molecule has 1 aliphatic carbocycles. The van der Waals surface area contributed by atoms with Crippen LogP contribution in [0.2, 0.25) is 0 Å². The zero-order chi connectivity index (χ0) is 23.3. The van der Waals surface area contributed by atoms with Crippen LogP contribution in [-0.2, 0) is 9.53 Å². The molecular formula is C30H56O2. The quantitative estimate of drug-likeness (QED) is 0.163. The Labute approximate surface area is 202 Å². The maximum absolute atomic E-state index is 11.1. The van der Waals surface area contributed by atoms with Gasteiger partial charge in [0.1, 0.15) is 0 Å². The van der Waals surface area contributed by atoms with Crippen molar-refractivity contribution in [3.8, 4) is 0 Å². The van der Waals surface area contributed by atoms with E-state index in [1.807, 2.05) is 0 Å². The van der Waals surface area contributed by atoms with Crippen molar-refractivity contribution in [2.24, 2.45) is 11.3 Å². The average molecular weight is 449 g/mol. The first-order chi connectivity index (χ1) is 15.5. The molecule has 1 aliphatic rings. The molecule has 0 aliphatic heterocycles. The Kier molecular flexibility index (Phi) is 18.6. The summed E-state index contributed by atoms with van der Waals surface area (Å²) in [4.78, 5) is 11.1. The van der Waals surface area contributed by atoms with Crippen LogP contribution < -0.4 is 0 Å². The summed E-state index contributed by atoms with van der Waals surface area (Å²) >= 11 is 0. The number of rotatable bonds is 21. The fourth-order valence-electron chi connectivity index (χ4n) is 4.91. The molecule has 0 bridgehead atoms. The van der Waals surface area contributed by atoms with Gasteiger partial charge in [-0.25, -0.2) is 0 Å². The first-order valence-corrected chi connectivity index (χ1v) is 14.3. The van der Waals surface area contributed by atoms with Gasteiger partial charge in [0, 0.05) is 12.5 Å². The summed E-state index contributed by atoms with van der Waals surface area (Å²) in [5.74, 6) is 0.104. The fraction of sp³-hybridized carbons (Fsp3) is 0.933. The van der Waals surface area contributed by atoms with E-state index >= 15 is 0 Å². The smallest absolute Gasteiger partial charge is 0.202 e. The van der Waals surface area contributed by atoms with E-state index in [9.17, 15) is 4.79 Å². The van der Waals surface area contributed by atoms with Gasteiger partial charge in [0.25, 0.3) is 0 Å². The van der Waals surface area contributed by atoms with E-state index < -0.39 is 0 Å². The highest BCUT2D eigenvalue weighted by Gasteiger charge is 2.24. The van der Waals surface area contributed by atoms with Gasteiger partial charge in [-0.15, -0.1) is 0 Å². The molecule has 188 valence electrons. The van der Waals surface area contributed by atoms with Crippen LogP contribution in [0.3, 0.4) is 0 Å². The second-order valence-corrected chi connectivity index (χ2v) is 11.4. The van der Waals surface area contributed by atoms with Gasteiger partial charge in [0.15, 0.2) is 0 Å². The van der Waals surface area contributed by atoms with Gasteiger partial charge < -0.3 is 4.74 Å². The largest absolute Gasteiger partial charge is 0.378 e. The molecule has 2 nitrogen and oxygen atoms in total. The average Bonchev–Trinajstić information content (AvgIpc) is 2.77. The highest BCUT2D eigenvalue weighted by molar-refractivity contribution is 5.55. The molecule has 32 heavy (non-hydrogen) atoms. The van der Waals surface area contributed by atoms with Crippen molar-refractivity contribution in [3.63, 3.8) is 0 Å². The summed E-state index contributed by atoms with van der Waals surface area (Å²) in [7, 11) is 0. The van der Waals surface area contributed by atoms with Gasteiger partial charge in [-0.1, -0.05) is 117 Å². The van der Waals surface area contributed by atoms with Crippen molar-refractivity contribution in [1.82, 2.24) is 0 Å². The lowest BCUT2D eigenvalue weighted by Crippen LogP contribution is -2.21. The molecule has 1 rings (SSSR count). The maximum Gasteiger partial charge on any atom is 0.202 e. The normalized spacial score (nSPS) is 16.3. The van der Waals surface area contributed by atoms with Gasteiger partial charge in [-0.3, -0.25) is 4.79 Å². The summed E-state index contributed by atoms with van der Waals surface area (Å²) in [5.41, 5.74) is 0.0736.